The predicted octanol–water partition coefficient (Wildman–Crippen LogP) is 2.51. The fraction of sp³-hybridized carbons (Fsp3) is 0.417. The highest BCUT2D eigenvalue weighted by Gasteiger charge is 2.32. The molecule has 1 aromatic rings. The SMILES string of the molecule is O=C1CC(CS(=O)(=O)Cl)CN1Cc1cc(F)ccc1Br. The maximum atomic E-state index is 13.2. The van der Waals surface area contributed by atoms with Crippen LogP contribution in [0.3, 0.4) is 0 Å². The van der Waals surface area contributed by atoms with E-state index in [0.29, 0.717) is 16.6 Å². The molecule has 0 aromatic heterocycles. The molecule has 4 nitrogen and oxygen atoms in total. The lowest BCUT2D eigenvalue weighted by atomic mass is 10.1. The van der Waals surface area contributed by atoms with Crippen LogP contribution in [0.25, 0.3) is 0 Å². The molecule has 1 amide bonds. The third-order valence-electron chi connectivity index (χ3n) is 3.10. The van der Waals surface area contributed by atoms with Crippen LogP contribution in [-0.4, -0.2) is 31.5 Å². The molecule has 0 spiro atoms. The van der Waals surface area contributed by atoms with E-state index < -0.39 is 9.05 Å². The first-order valence-corrected chi connectivity index (χ1v) is 9.16. The zero-order valence-electron chi connectivity index (χ0n) is 10.4. The molecule has 1 unspecified atom stereocenters. The van der Waals surface area contributed by atoms with E-state index in [1.807, 2.05) is 0 Å². The number of amides is 1. The molecule has 20 heavy (non-hydrogen) atoms. The molecule has 0 saturated carbocycles. The van der Waals surface area contributed by atoms with Crippen molar-refractivity contribution in [2.45, 2.75) is 13.0 Å². The number of rotatable bonds is 4. The largest absolute Gasteiger partial charge is 0.338 e. The Morgan fingerprint density at radius 2 is 2.15 bits per heavy atom. The molecule has 1 aromatic carbocycles. The first-order chi connectivity index (χ1) is 9.24. The summed E-state index contributed by atoms with van der Waals surface area (Å²) in [7, 11) is 1.58. The van der Waals surface area contributed by atoms with Crippen molar-refractivity contribution < 1.29 is 17.6 Å². The van der Waals surface area contributed by atoms with E-state index in [0.717, 1.165) is 0 Å². The molecular weight excluding hydrogens is 373 g/mol. The van der Waals surface area contributed by atoms with E-state index in [2.05, 4.69) is 15.9 Å². The molecule has 1 fully saturated rings. The summed E-state index contributed by atoms with van der Waals surface area (Å²) in [6, 6.07) is 4.25. The van der Waals surface area contributed by atoms with Gasteiger partial charge in [-0.2, -0.15) is 0 Å². The molecule has 1 atom stereocenters. The van der Waals surface area contributed by atoms with Crippen LogP contribution in [0.4, 0.5) is 4.39 Å². The number of carbonyl (C=O) groups is 1. The van der Waals surface area contributed by atoms with Crippen molar-refractivity contribution >= 4 is 41.6 Å². The highest BCUT2D eigenvalue weighted by Crippen LogP contribution is 2.25. The third kappa shape index (κ3) is 4.17. The van der Waals surface area contributed by atoms with Gasteiger partial charge in [0.05, 0.1) is 5.75 Å². The van der Waals surface area contributed by atoms with Gasteiger partial charge in [-0.1, -0.05) is 15.9 Å². The summed E-state index contributed by atoms with van der Waals surface area (Å²) in [5.41, 5.74) is 0.646. The standard InChI is InChI=1S/C12H12BrClFNO3S/c13-11-2-1-10(15)4-9(11)6-16-5-8(3-12(16)17)7-20(14,18)19/h1-2,4,8H,3,5-7H2. The Labute approximate surface area is 129 Å². The van der Waals surface area contributed by atoms with Crippen molar-refractivity contribution in [2.75, 3.05) is 12.3 Å². The highest BCUT2D eigenvalue weighted by molar-refractivity contribution is 9.10. The molecule has 0 N–H and O–H groups in total. The van der Waals surface area contributed by atoms with Crippen LogP contribution >= 0.6 is 26.6 Å². The van der Waals surface area contributed by atoms with Crippen LogP contribution in [0.1, 0.15) is 12.0 Å². The first-order valence-electron chi connectivity index (χ1n) is 5.88. The second-order valence-corrected chi connectivity index (χ2v) is 8.46. The molecule has 0 bridgehead atoms. The molecule has 1 saturated heterocycles. The quantitative estimate of drug-likeness (QED) is 0.750. The number of halogens is 3. The van der Waals surface area contributed by atoms with E-state index >= 15 is 0 Å². The summed E-state index contributed by atoms with van der Waals surface area (Å²) in [6.45, 7) is 0.559. The second-order valence-electron chi connectivity index (χ2n) is 4.79. The van der Waals surface area contributed by atoms with Gasteiger partial charge in [0.15, 0.2) is 0 Å². The maximum absolute atomic E-state index is 13.2. The summed E-state index contributed by atoms with van der Waals surface area (Å²) in [6.07, 6.45) is 0.152. The summed E-state index contributed by atoms with van der Waals surface area (Å²) < 4.78 is 36.0. The molecule has 2 rings (SSSR count). The zero-order valence-corrected chi connectivity index (χ0v) is 13.5. The van der Waals surface area contributed by atoms with Crippen molar-refractivity contribution in [1.82, 2.24) is 4.90 Å². The second kappa shape index (κ2) is 5.99. The molecule has 1 aliphatic heterocycles. The van der Waals surface area contributed by atoms with Crippen LogP contribution < -0.4 is 0 Å². The van der Waals surface area contributed by atoms with Gasteiger partial charge >= 0.3 is 0 Å². The Kier molecular flexibility index (Phi) is 4.71. The normalized spacial score (nSPS) is 19.6. The molecular formula is C12H12BrClFNO3S. The first kappa shape index (κ1) is 15.7. The van der Waals surface area contributed by atoms with E-state index in [4.69, 9.17) is 10.7 Å². The van der Waals surface area contributed by atoms with E-state index in [1.165, 1.54) is 17.0 Å². The van der Waals surface area contributed by atoms with Crippen molar-refractivity contribution in [3.05, 3.63) is 34.1 Å². The minimum absolute atomic E-state index is 0.147. The lowest BCUT2D eigenvalue weighted by Gasteiger charge is -2.17. The number of likely N-dealkylation sites (tertiary alicyclic amines) is 1. The lowest BCUT2D eigenvalue weighted by molar-refractivity contribution is -0.128. The molecule has 0 aliphatic carbocycles. The third-order valence-corrected chi connectivity index (χ3v) is 5.12. The van der Waals surface area contributed by atoms with Gasteiger partial charge in [-0.05, 0) is 23.8 Å². The van der Waals surface area contributed by atoms with Gasteiger partial charge in [-0.25, -0.2) is 12.8 Å². The van der Waals surface area contributed by atoms with E-state index in [1.54, 1.807) is 6.07 Å². The van der Waals surface area contributed by atoms with Gasteiger partial charge in [0.2, 0.25) is 15.0 Å². The molecule has 1 heterocycles. The van der Waals surface area contributed by atoms with Crippen LogP contribution in [0.2, 0.25) is 0 Å². The van der Waals surface area contributed by atoms with Crippen molar-refractivity contribution in [2.24, 2.45) is 5.92 Å². The van der Waals surface area contributed by atoms with Gasteiger partial charge in [-0.15, -0.1) is 0 Å². The number of benzene rings is 1. The van der Waals surface area contributed by atoms with Crippen LogP contribution in [0.15, 0.2) is 22.7 Å². The fourth-order valence-electron chi connectivity index (χ4n) is 2.27. The highest BCUT2D eigenvalue weighted by atomic mass is 79.9. The Balaban J connectivity index is 2.07. The monoisotopic (exact) mass is 383 g/mol. The smallest absolute Gasteiger partial charge is 0.232 e. The predicted molar refractivity (Wildman–Crippen MR) is 77.3 cm³/mol. The van der Waals surface area contributed by atoms with Crippen molar-refractivity contribution in [3.8, 4) is 0 Å². The van der Waals surface area contributed by atoms with Crippen molar-refractivity contribution in [3.63, 3.8) is 0 Å². The molecule has 0 radical (unpaired) electrons. The van der Waals surface area contributed by atoms with Gasteiger partial charge in [-0.3, -0.25) is 4.79 Å². The average molecular weight is 385 g/mol. The summed E-state index contributed by atoms with van der Waals surface area (Å²) in [5.74, 6) is -1.06. The van der Waals surface area contributed by atoms with E-state index in [9.17, 15) is 17.6 Å². The molecule has 8 heteroatoms. The number of carbonyl (C=O) groups excluding carboxylic acids is 1. The topological polar surface area (TPSA) is 54.5 Å². The average Bonchev–Trinajstić information content (AvgIpc) is 2.62. The molecule has 110 valence electrons. The van der Waals surface area contributed by atoms with Crippen molar-refractivity contribution in [1.29, 1.82) is 0 Å². The fourth-order valence-corrected chi connectivity index (χ4v) is 3.96. The van der Waals surface area contributed by atoms with Gasteiger partial charge in [0, 0.05) is 40.6 Å². The van der Waals surface area contributed by atoms with Crippen LogP contribution in [0, 0.1) is 11.7 Å². The Morgan fingerprint density at radius 1 is 1.45 bits per heavy atom. The number of nitrogens with zero attached hydrogens (tertiary/aromatic N) is 1. The summed E-state index contributed by atoms with van der Waals surface area (Å²) in [4.78, 5) is 13.4. The van der Waals surface area contributed by atoms with Crippen LogP contribution in [-0.2, 0) is 20.4 Å². The minimum atomic E-state index is -3.62. The van der Waals surface area contributed by atoms with Crippen LogP contribution in [0.5, 0.6) is 0 Å². The zero-order chi connectivity index (χ0) is 14.9. The Bertz CT molecular complexity index is 638. The van der Waals surface area contributed by atoms with Gasteiger partial charge < -0.3 is 4.90 Å². The Hall–Kier alpha value is -0.660. The number of hydrogen-bond acceptors (Lipinski definition) is 3. The lowest BCUT2D eigenvalue weighted by Crippen LogP contribution is -2.25. The summed E-state index contributed by atoms with van der Waals surface area (Å²) >= 11 is 3.30. The van der Waals surface area contributed by atoms with E-state index in [-0.39, 0.29) is 36.4 Å². The maximum Gasteiger partial charge on any atom is 0.232 e. The van der Waals surface area contributed by atoms with Gasteiger partial charge in [0.1, 0.15) is 5.82 Å². The Morgan fingerprint density at radius 3 is 2.80 bits per heavy atom. The number of hydrogen-bond donors (Lipinski definition) is 0. The molecule has 1 aliphatic rings. The minimum Gasteiger partial charge on any atom is -0.338 e. The van der Waals surface area contributed by atoms with Gasteiger partial charge in [0.25, 0.3) is 0 Å². The summed E-state index contributed by atoms with van der Waals surface area (Å²) in [5, 5.41) is 0.